The van der Waals surface area contributed by atoms with Gasteiger partial charge in [-0.3, -0.25) is 4.79 Å². The van der Waals surface area contributed by atoms with Crippen molar-refractivity contribution in [3.05, 3.63) is 29.8 Å². The van der Waals surface area contributed by atoms with E-state index in [-0.39, 0.29) is 18.0 Å². The first kappa shape index (κ1) is 17.8. The van der Waals surface area contributed by atoms with Crippen LogP contribution in [0.3, 0.4) is 0 Å². The normalized spacial score (nSPS) is 27.7. The predicted octanol–water partition coefficient (Wildman–Crippen LogP) is 2.18. The van der Waals surface area contributed by atoms with Gasteiger partial charge in [-0.1, -0.05) is 12.1 Å². The van der Waals surface area contributed by atoms with Crippen LogP contribution in [0, 0.1) is 5.92 Å². The molecule has 0 aliphatic heterocycles. The molecule has 0 bridgehead atoms. The molecule has 5 heteroatoms. The van der Waals surface area contributed by atoms with Crippen molar-refractivity contribution >= 4 is 5.97 Å². The molecule has 5 nitrogen and oxygen atoms in total. The van der Waals surface area contributed by atoms with Gasteiger partial charge >= 0.3 is 5.97 Å². The maximum Gasteiger partial charge on any atom is 0.302 e. The first-order chi connectivity index (χ1) is 10.8. The van der Waals surface area contributed by atoms with Gasteiger partial charge in [0.25, 0.3) is 0 Å². The standard InChI is InChI=1S/C18H27NO4/c1-13(20)23-17-9-8-15(12-19(2)3)18(21,11-17)14-6-5-7-16(10-14)22-4/h5-7,10,15,17,21H,8-9,11-12H2,1-4H3/t15-,17+,18+/m1/s1. The Morgan fingerprint density at radius 2 is 2.13 bits per heavy atom. The highest BCUT2D eigenvalue weighted by Gasteiger charge is 2.45. The summed E-state index contributed by atoms with van der Waals surface area (Å²) in [6, 6.07) is 7.54. The fraction of sp³-hybridized carbons (Fsp3) is 0.611. The van der Waals surface area contributed by atoms with Gasteiger partial charge < -0.3 is 19.5 Å². The Morgan fingerprint density at radius 1 is 1.39 bits per heavy atom. The van der Waals surface area contributed by atoms with Gasteiger partial charge in [-0.25, -0.2) is 0 Å². The molecule has 0 unspecified atom stereocenters. The summed E-state index contributed by atoms with van der Waals surface area (Å²) in [6.07, 6.45) is 1.76. The first-order valence-corrected chi connectivity index (χ1v) is 8.04. The van der Waals surface area contributed by atoms with E-state index >= 15 is 0 Å². The molecule has 0 heterocycles. The first-order valence-electron chi connectivity index (χ1n) is 8.04. The Balaban J connectivity index is 2.32. The number of benzene rings is 1. The average Bonchev–Trinajstić information content (AvgIpc) is 2.49. The molecular formula is C18H27NO4. The number of hydrogen-bond donors (Lipinski definition) is 1. The molecule has 2 rings (SSSR count). The van der Waals surface area contributed by atoms with Gasteiger partial charge in [0.15, 0.2) is 0 Å². The van der Waals surface area contributed by atoms with Crippen LogP contribution in [-0.4, -0.2) is 49.8 Å². The van der Waals surface area contributed by atoms with Gasteiger partial charge in [-0.05, 0) is 44.6 Å². The van der Waals surface area contributed by atoms with Gasteiger partial charge in [0.2, 0.25) is 0 Å². The molecule has 1 aromatic carbocycles. The van der Waals surface area contributed by atoms with Gasteiger partial charge in [0, 0.05) is 25.8 Å². The van der Waals surface area contributed by atoms with Crippen molar-refractivity contribution in [3.63, 3.8) is 0 Å². The molecule has 0 spiro atoms. The van der Waals surface area contributed by atoms with Crippen molar-refractivity contribution < 1.29 is 19.4 Å². The Kier molecular flexibility index (Phi) is 5.65. The van der Waals surface area contributed by atoms with Crippen molar-refractivity contribution in [2.75, 3.05) is 27.7 Å². The lowest BCUT2D eigenvalue weighted by Gasteiger charge is -2.44. The number of esters is 1. The molecule has 1 aromatic rings. The smallest absolute Gasteiger partial charge is 0.302 e. The van der Waals surface area contributed by atoms with Crippen LogP contribution in [0.2, 0.25) is 0 Å². The fourth-order valence-corrected chi connectivity index (χ4v) is 3.51. The highest BCUT2D eigenvalue weighted by atomic mass is 16.5. The summed E-state index contributed by atoms with van der Waals surface area (Å²) in [7, 11) is 5.62. The molecule has 0 saturated heterocycles. The van der Waals surface area contributed by atoms with E-state index in [1.807, 2.05) is 38.4 Å². The number of hydrogen-bond acceptors (Lipinski definition) is 5. The quantitative estimate of drug-likeness (QED) is 0.842. The molecule has 3 atom stereocenters. The summed E-state index contributed by atoms with van der Waals surface area (Å²) < 4.78 is 10.7. The zero-order valence-corrected chi connectivity index (χ0v) is 14.4. The minimum Gasteiger partial charge on any atom is -0.497 e. The zero-order chi connectivity index (χ0) is 17.0. The van der Waals surface area contributed by atoms with Crippen molar-refractivity contribution in [1.82, 2.24) is 4.90 Å². The van der Waals surface area contributed by atoms with E-state index in [2.05, 4.69) is 4.90 Å². The van der Waals surface area contributed by atoms with E-state index in [1.165, 1.54) is 6.92 Å². The van der Waals surface area contributed by atoms with Crippen LogP contribution < -0.4 is 4.74 Å². The SMILES string of the molecule is COc1cccc([C@@]2(O)C[C@@H](OC(C)=O)CC[C@@H]2CN(C)C)c1. The third-order valence-electron chi connectivity index (χ3n) is 4.54. The summed E-state index contributed by atoms with van der Waals surface area (Å²) in [5.41, 5.74) is -0.211. The predicted molar refractivity (Wildman–Crippen MR) is 88.3 cm³/mol. The third-order valence-corrected chi connectivity index (χ3v) is 4.54. The van der Waals surface area contributed by atoms with E-state index in [0.29, 0.717) is 12.2 Å². The molecule has 23 heavy (non-hydrogen) atoms. The summed E-state index contributed by atoms with van der Waals surface area (Å²) in [5.74, 6) is 0.500. The monoisotopic (exact) mass is 321 g/mol. The molecule has 1 aliphatic rings. The van der Waals surface area contributed by atoms with Gasteiger partial charge in [-0.15, -0.1) is 0 Å². The molecule has 0 aromatic heterocycles. The largest absolute Gasteiger partial charge is 0.497 e. The Morgan fingerprint density at radius 3 is 2.74 bits per heavy atom. The van der Waals surface area contributed by atoms with Crippen LogP contribution in [0.15, 0.2) is 24.3 Å². The molecule has 1 aliphatic carbocycles. The Bertz CT molecular complexity index is 546. The van der Waals surface area contributed by atoms with E-state index in [9.17, 15) is 9.90 Å². The van der Waals surface area contributed by atoms with Crippen LogP contribution in [0.1, 0.15) is 31.7 Å². The third kappa shape index (κ3) is 4.24. The summed E-state index contributed by atoms with van der Waals surface area (Å²) >= 11 is 0. The van der Waals surface area contributed by atoms with E-state index in [4.69, 9.17) is 9.47 Å². The van der Waals surface area contributed by atoms with E-state index < -0.39 is 5.60 Å². The highest BCUT2D eigenvalue weighted by molar-refractivity contribution is 5.66. The number of carbonyl (C=O) groups is 1. The van der Waals surface area contributed by atoms with Crippen LogP contribution in [0.4, 0.5) is 0 Å². The second kappa shape index (κ2) is 7.32. The Labute approximate surface area is 138 Å². The lowest BCUT2D eigenvalue weighted by Crippen LogP contribution is -2.47. The number of aliphatic hydroxyl groups is 1. The topological polar surface area (TPSA) is 59.0 Å². The molecule has 128 valence electrons. The maximum absolute atomic E-state index is 11.5. The number of nitrogens with zero attached hydrogens (tertiary/aromatic N) is 1. The minimum atomic E-state index is -1.03. The minimum absolute atomic E-state index is 0.0800. The molecule has 0 amide bonds. The lowest BCUT2D eigenvalue weighted by molar-refractivity contribution is -0.158. The number of ether oxygens (including phenoxy) is 2. The number of methoxy groups -OCH3 is 1. The van der Waals surface area contributed by atoms with Crippen molar-refractivity contribution in [3.8, 4) is 5.75 Å². The summed E-state index contributed by atoms with van der Waals surface area (Å²) in [5, 5.41) is 11.5. The lowest BCUT2D eigenvalue weighted by atomic mass is 9.70. The molecule has 1 N–H and O–H groups in total. The van der Waals surface area contributed by atoms with Crippen molar-refractivity contribution in [1.29, 1.82) is 0 Å². The Hall–Kier alpha value is -1.59. The second-order valence-corrected chi connectivity index (χ2v) is 6.63. The maximum atomic E-state index is 11.5. The second-order valence-electron chi connectivity index (χ2n) is 6.63. The van der Waals surface area contributed by atoms with Crippen molar-refractivity contribution in [2.24, 2.45) is 5.92 Å². The van der Waals surface area contributed by atoms with Crippen LogP contribution in [-0.2, 0) is 15.1 Å². The zero-order valence-electron chi connectivity index (χ0n) is 14.4. The van der Waals surface area contributed by atoms with Crippen molar-refractivity contribution in [2.45, 2.75) is 37.9 Å². The summed E-state index contributed by atoms with van der Waals surface area (Å²) in [6.45, 7) is 2.19. The number of rotatable bonds is 5. The van der Waals surface area contributed by atoms with E-state index in [0.717, 1.165) is 24.9 Å². The van der Waals surface area contributed by atoms with Crippen LogP contribution in [0.5, 0.6) is 5.75 Å². The van der Waals surface area contributed by atoms with E-state index in [1.54, 1.807) is 7.11 Å². The van der Waals surface area contributed by atoms with Crippen LogP contribution >= 0.6 is 0 Å². The average molecular weight is 321 g/mol. The number of carbonyl (C=O) groups excluding carboxylic acids is 1. The molecular weight excluding hydrogens is 294 g/mol. The summed E-state index contributed by atoms with van der Waals surface area (Å²) in [4.78, 5) is 13.4. The van der Waals surface area contributed by atoms with Crippen LogP contribution in [0.25, 0.3) is 0 Å². The highest BCUT2D eigenvalue weighted by Crippen LogP contribution is 2.43. The molecule has 0 radical (unpaired) electrons. The molecule has 1 saturated carbocycles. The van der Waals surface area contributed by atoms with Gasteiger partial charge in [-0.2, -0.15) is 0 Å². The van der Waals surface area contributed by atoms with Gasteiger partial charge in [0.05, 0.1) is 12.7 Å². The fourth-order valence-electron chi connectivity index (χ4n) is 3.51. The van der Waals surface area contributed by atoms with Gasteiger partial charge in [0.1, 0.15) is 11.9 Å². The molecule has 1 fully saturated rings.